The molecular formula is C45H78NO9P. The van der Waals surface area contributed by atoms with Crippen molar-refractivity contribution in [3.05, 3.63) is 72.9 Å². The molecule has 4 N–H and O–H groups in total. The Kier molecular flexibility index (Phi) is 40.1. The molecule has 0 radical (unpaired) electrons. The quantitative estimate of drug-likeness (QED) is 0.0236. The van der Waals surface area contributed by atoms with Crippen LogP contribution in [0.2, 0.25) is 0 Å². The van der Waals surface area contributed by atoms with Crippen molar-refractivity contribution in [2.45, 2.75) is 167 Å². The van der Waals surface area contributed by atoms with Gasteiger partial charge < -0.3 is 25.2 Å². The highest BCUT2D eigenvalue weighted by molar-refractivity contribution is 7.47. The highest BCUT2D eigenvalue weighted by Gasteiger charge is 2.25. The van der Waals surface area contributed by atoms with Crippen LogP contribution in [-0.4, -0.2) is 61.0 Å². The Morgan fingerprint density at radius 2 is 1.02 bits per heavy atom. The second kappa shape index (κ2) is 42.0. The van der Waals surface area contributed by atoms with Crippen LogP contribution in [0.4, 0.5) is 0 Å². The van der Waals surface area contributed by atoms with Gasteiger partial charge >= 0.3 is 19.8 Å². The van der Waals surface area contributed by atoms with Crippen molar-refractivity contribution in [2.24, 2.45) is 5.73 Å². The summed E-state index contributed by atoms with van der Waals surface area (Å²) in [5.41, 5.74) is 5.34. The summed E-state index contributed by atoms with van der Waals surface area (Å²) in [6.45, 7) is 1.62. The molecule has 56 heavy (non-hydrogen) atoms. The van der Waals surface area contributed by atoms with E-state index in [2.05, 4.69) is 73.8 Å². The minimum absolute atomic E-state index is 0.0355. The number of ether oxygens (including phenoxy) is 2. The number of hydrogen-bond donors (Lipinski definition) is 3. The number of carbonyl (C=O) groups excluding carboxylic acids is 2. The minimum Gasteiger partial charge on any atom is -0.462 e. The van der Waals surface area contributed by atoms with E-state index in [1.165, 1.54) is 44.9 Å². The lowest BCUT2D eigenvalue weighted by molar-refractivity contribution is -0.161. The smallest absolute Gasteiger partial charge is 0.462 e. The van der Waals surface area contributed by atoms with E-state index in [4.69, 9.17) is 29.4 Å². The number of aliphatic hydroxyl groups excluding tert-OH is 1. The maximum atomic E-state index is 12.6. The number of phosphoric ester groups is 1. The second-order valence-electron chi connectivity index (χ2n) is 13.9. The molecule has 10 nitrogen and oxygen atoms in total. The third kappa shape index (κ3) is 41.1. The Hall–Kier alpha value is -2.59. The first-order valence-electron chi connectivity index (χ1n) is 21.5. The van der Waals surface area contributed by atoms with Gasteiger partial charge in [0.05, 0.1) is 13.2 Å². The lowest BCUT2D eigenvalue weighted by Crippen LogP contribution is -2.29. The fraction of sp³-hybridized carbons (Fsp3) is 0.689. The zero-order valence-corrected chi connectivity index (χ0v) is 35.7. The van der Waals surface area contributed by atoms with Gasteiger partial charge in [0.2, 0.25) is 0 Å². The molecule has 0 saturated heterocycles. The Balaban J connectivity index is 4.28. The van der Waals surface area contributed by atoms with Crippen molar-refractivity contribution in [1.29, 1.82) is 0 Å². The summed E-state index contributed by atoms with van der Waals surface area (Å²) in [6.07, 6.45) is 48.0. The van der Waals surface area contributed by atoms with E-state index in [1.54, 1.807) is 0 Å². The molecular weight excluding hydrogens is 729 g/mol. The number of carbonyl (C=O) groups is 2. The summed E-state index contributed by atoms with van der Waals surface area (Å²) >= 11 is 0. The molecule has 0 fully saturated rings. The van der Waals surface area contributed by atoms with E-state index in [9.17, 15) is 19.0 Å². The van der Waals surface area contributed by atoms with E-state index < -0.39 is 32.5 Å². The average molecular weight is 808 g/mol. The molecule has 1 unspecified atom stereocenters. The average Bonchev–Trinajstić information content (AvgIpc) is 3.18. The lowest BCUT2D eigenvalue weighted by Gasteiger charge is -2.19. The zero-order chi connectivity index (χ0) is 41.1. The van der Waals surface area contributed by atoms with Crippen molar-refractivity contribution in [3.8, 4) is 0 Å². The molecule has 0 aromatic rings. The molecule has 0 aromatic heterocycles. The topological polar surface area (TPSA) is 155 Å². The maximum absolute atomic E-state index is 12.6. The molecule has 322 valence electrons. The number of esters is 2. The number of aliphatic hydroxyl groups is 1. The third-order valence-corrected chi connectivity index (χ3v) is 9.60. The lowest BCUT2D eigenvalue weighted by atomic mass is 10.1. The van der Waals surface area contributed by atoms with Crippen LogP contribution < -0.4 is 5.73 Å². The van der Waals surface area contributed by atoms with Crippen LogP contribution in [0.25, 0.3) is 0 Å². The summed E-state index contributed by atoms with van der Waals surface area (Å²) in [5, 5.41) is 8.79. The van der Waals surface area contributed by atoms with Crippen LogP contribution in [0.15, 0.2) is 72.9 Å². The Labute approximate surface area is 340 Å². The van der Waals surface area contributed by atoms with Crippen LogP contribution in [0.1, 0.15) is 161 Å². The Morgan fingerprint density at radius 1 is 0.571 bits per heavy atom. The number of rotatable bonds is 40. The first-order valence-corrected chi connectivity index (χ1v) is 23.0. The van der Waals surface area contributed by atoms with Crippen LogP contribution in [0.3, 0.4) is 0 Å². The van der Waals surface area contributed by atoms with E-state index in [0.29, 0.717) is 19.3 Å². The van der Waals surface area contributed by atoms with E-state index in [1.807, 2.05) is 6.08 Å². The van der Waals surface area contributed by atoms with Crippen LogP contribution in [0, 0.1) is 0 Å². The van der Waals surface area contributed by atoms with Gasteiger partial charge in [0.15, 0.2) is 6.10 Å². The van der Waals surface area contributed by atoms with Gasteiger partial charge in [-0.2, -0.15) is 0 Å². The molecule has 0 heterocycles. The number of phosphoric acid groups is 1. The molecule has 0 aliphatic rings. The first-order chi connectivity index (χ1) is 27.3. The molecule has 0 aliphatic carbocycles. The van der Waals surface area contributed by atoms with Gasteiger partial charge in [-0.15, -0.1) is 0 Å². The van der Waals surface area contributed by atoms with Gasteiger partial charge in [-0.3, -0.25) is 18.6 Å². The summed E-state index contributed by atoms with van der Waals surface area (Å²) in [5.74, 6) is -0.923. The van der Waals surface area contributed by atoms with Gasteiger partial charge in [-0.1, -0.05) is 131 Å². The van der Waals surface area contributed by atoms with E-state index >= 15 is 0 Å². The van der Waals surface area contributed by atoms with Gasteiger partial charge in [0, 0.05) is 26.0 Å². The number of unbranched alkanes of at least 4 members (excludes halogenated alkanes) is 14. The van der Waals surface area contributed by atoms with Crippen molar-refractivity contribution in [3.63, 3.8) is 0 Å². The normalized spacial score (nSPS) is 14.0. The molecule has 0 saturated carbocycles. The third-order valence-electron chi connectivity index (χ3n) is 8.62. The largest absolute Gasteiger partial charge is 0.472 e. The molecule has 0 amide bonds. The second-order valence-corrected chi connectivity index (χ2v) is 15.4. The van der Waals surface area contributed by atoms with Crippen molar-refractivity contribution >= 4 is 19.8 Å². The van der Waals surface area contributed by atoms with Gasteiger partial charge in [-0.05, 0) is 89.9 Å². The van der Waals surface area contributed by atoms with Crippen molar-refractivity contribution in [1.82, 2.24) is 0 Å². The fourth-order valence-electron chi connectivity index (χ4n) is 5.40. The van der Waals surface area contributed by atoms with Gasteiger partial charge in [0.1, 0.15) is 6.61 Å². The molecule has 0 aromatic carbocycles. The summed E-state index contributed by atoms with van der Waals surface area (Å²) in [7, 11) is -4.40. The molecule has 0 rings (SSSR count). The predicted octanol–water partition coefficient (Wildman–Crippen LogP) is 11.2. The summed E-state index contributed by atoms with van der Waals surface area (Å²) in [6, 6.07) is 0. The van der Waals surface area contributed by atoms with Gasteiger partial charge in [-0.25, -0.2) is 4.57 Å². The molecule has 2 atom stereocenters. The standard InChI is InChI=1S/C45H78NO9P/c1-2-3-4-5-6-7-8-9-10-12-15-18-21-24-27-30-33-36-44(48)52-41-43(42-54-56(50,51)53-40-38-46)55-45(49)37-34-31-28-25-22-19-16-13-11-14-17-20-23-26-29-32-35-39-47/h6-7,9-11,14,16,19-20,23,25,28,43,47H,2-5,8,12-13,15,17-18,21-22,24,26-27,29-42,46H2,1H3,(H,50,51)/b7-6-,10-9-,14-11-,19-16-,23-20-,28-25-/t43-/m1/s1. The highest BCUT2D eigenvalue weighted by atomic mass is 31.2. The summed E-state index contributed by atoms with van der Waals surface area (Å²) < 4.78 is 32.7. The van der Waals surface area contributed by atoms with E-state index in [-0.39, 0.29) is 39.2 Å². The molecule has 11 heteroatoms. The SMILES string of the molecule is CCCCC/C=C\C/C=C\CCCCCCCCCC(=O)OC[C@H](COP(=O)(O)OCCN)OC(=O)CCC/C=C\C/C=C\C/C=C\C/C=C\CCCCCO. The maximum Gasteiger partial charge on any atom is 0.472 e. The number of nitrogens with two attached hydrogens (primary N) is 1. The Bertz CT molecular complexity index is 1150. The monoisotopic (exact) mass is 808 g/mol. The fourth-order valence-corrected chi connectivity index (χ4v) is 6.17. The van der Waals surface area contributed by atoms with Crippen LogP contribution in [-0.2, 0) is 32.7 Å². The minimum atomic E-state index is -4.40. The van der Waals surface area contributed by atoms with Crippen molar-refractivity contribution in [2.75, 3.05) is 33.0 Å². The predicted molar refractivity (Wildman–Crippen MR) is 230 cm³/mol. The van der Waals surface area contributed by atoms with Crippen molar-refractivity contribution < 1.29 is 42.7 Å². The first kappa shape index (κ1) is 53.4. The Morgan fingerprint density at radius 3 is 1.54 bits per heavy atom. The number of allylic oxidation sites excluding steroid dienone is 12. The van der Waals surface area contributed by atoms with Crippen LogP contribution in [0.5, 0.6) is 0 Å². The number of hydrogen-bond acceptors (Lipinski definition) is 9. The summed E-state index contributed by atoms with van der Waals surface area (Å²) in [4.78, 5) is 34.8. The molecule has 0 aliphatic heterocycles. The highest BCUT2D eigenvalue weighted by Crippen LogP contribution is 2.43. The van der Waals surface area contributed by atoms with E-state index in [0.717, 1.165) is 77.0 Å². The zero-order valence-electron chi connectivity index (χ0n) is 34.8. The van der Waals surface area contributed by atoms with Crippen LogP contribution >= 0.6 is 7.82 Å². The molecule has 0 spiro atoms. The molecule has 0 bridgehead atoms. The van der Waals surface area contributed by atoms with Gasteiger partial charge in [0.25, 0.3) is 0 Å².